The van der Waals surface area contributed by atoms with Gasteiger partial charge in [-0.05, 0) is 72.8 Å². The van der Waals surface area contributed by atoms with Gasteiger partial charge in [0.2, 0.25) is 0 Å². The predicted molar refractivity (Wildman–Crippen MR) is 122 cm³/mol. The van der Waals surface area contributed by atoms with Gasteiger partial charge in [-0.15, -0.1) is 0 Å². The Hall–Kier alpha value is -3.92. The minimum absolute atomic E-state index is 0.832. The van der Waals surface area contributed by atoms with Gasteiger partial charge in [0.05, 0.1) is 7.11 Å². The van der Waals surface area contributed by atoms with Crippen LogP contribution in [0, 0.1) is 0 Å². The fourth-order valence-corrected chi connectivity index (χ4v) is 3.00. The molecule has 4 aromatic carbocycles. The largest absolute Gasteiger partial charge is 0.497 e. The molecule has 0 saturated heterocycles. The topological polar surface area (TPSA) is 45.3 Å². The fraction of sp³-hybridized carbons (Fsp3) is 0.0400. The van der Waals surface area contributed by atoms with E-state index < -0.39 is 0 Å². The molecular formula is C25H23N3O. The maximum absolute atomic E-state index is 5.27. The molecule has 4 aromatic rings. The molecule has 0 aliphatic heterocycles. The first-order valence-corrected chi connectivity index (χ1v) is 9.49. The number of methoxy groups -OCH3 is 1. The molecule has 0 aromatic heterocycles. The van der Waals surface area contributed by atoms with Gasteiger partial charge in [0.1, 0.15) is 5.75 Å². The maximum Gasteiger partial charge on any atom is 0.120 e. The molecule has 0 heterocycles. The summed E-state index contributed by atoms with van der Waals surface area (Å²) < 4.78 is 5.27. The van der Waals surface area contributed by atoms with Gasteiger partial charge in [0.15, 0.2) is 0 Å². The van der Waals surface area contributed by atoms with Crippen molar-refractivity contribution < 1.29 is 4.74 Å². The van der Waals surface area contributed by atoms with Crippen LogP contribution < -0.4 is 20.7 Å². The summed E-state index contributed by atoms with van der Waals surface area (Å²) in [6, 6.07) is 34.5. The van der Waals surface area contributed by atoms with Gasteiger partial charge < -0.3 is 20.7 Å². The lowest BCUT2D eigenvalue weighted by Crippen LogP contribution is -1.94. The highest BCUT2D eigenvalue weighted by Gasteiger charge is 2.00. The number of anilines is 6. The highest BCUT2D eigenvalue weighted by molar-refractivity contribution is 5.68. The second kappa shape index (κ2) is 8.85. The molecule has 0 radical (unpaired) electrons. The van der Waals surface area contributed by atoms with Crippen molar-refractivity contribution in [3.63, 3.8) is 0 Å². The Bertz CT molecular complexity index is 1050. The van der Waals surface area contributed by atoms with Gasteiger partial charge in [-0.25, -0.2) is 0 Å². The molecule has 0 unspecified atom stereocenters. The van der Waals surface area contributed by atoms with E-state index in [4.69, 9.17) is 4.74 Å². The highest BCUT2D eigenvalue weighted by atomic mass is 16.5. The number of hydrogen-bond donors (Lipinski definition) is 3. The second-order valence-electron chi connectivity index (χ2n) is 6.63. The van der Waals surface area contributed by atoms with Gasteiger partial charge in [0.25, 0.3) is 0 Å². The molecule has 3 N–H and O–H groups in total. The van der Waals surface area contributed by atoms with Gasteiger partial charge in [-0.2, -0.15) is 0 Å². The van der Waals surface area contributed by atoms with Crippen LogP contribution in [0.3, 0.4) is 0 Å². The van der Waals surface area contributed by atoms with Gasteiger partial charge in [-0.3, -0.25) is 0 Å². The van der Waals surface area contributed by atoms with E-state index in [0.717, 1.165) is 39.9 Å². The third kappa shape index (κ3) is 5.08. The molecule has 144 valence electrons. The van der Waals surface area contributed by atoms with Crippen LogP contribution in [0.1, 0.15) is 0 Å². The molecule has 0 spiro atoms. The van der Waals surface area contributed by atoms with Gasteiger partial charge in [-0.1, -0.05) is 24.3 Å². The van der Waals surface area contributed by atoms with Crippen LogP contribution in [-0.2, 0) is 0 Å². The Morgan fingerprint density at radius 3 is 1.34 bits per heavy atom. The number of para-hydroxylation sites is 1. The van der Waals surface area contributed by atoms with Crippen molar-refractivity contribution in [3.8, 4) is 5.75 Å². The second-order valence-corrected chi connectivity index (χ2v) is 6.63. The Balaban J connectivity index is 1.37. The molecule has 0 atom stereocenters. The zero-order valence-electron chi connectivity index (χ0n) is 16.2. The van der Waals surface area contributed by atoms with Crippen molar-refractivity contribution in [2.45, 2.75) is 0 Å². The van der Waals surface area contributed by atoms with Crippen molar-refractivity contribution in [1.29, 1.82) is 0 Å². The minimum atomic E-state index is 0.832. The predicted octanol–water partition coefficient (Wildman–Crippen LogP) is 6.93. The van der Waals surface area contributed by atoms with Crippen molar-refractivity contribution >= 4 is 34.1 Å². The Morgan fingerprint density at radius 2 is 0.862 bits per heavy atom. The summed E-state index contributed by atoms with van der Waals surface area (Å²) in [7, 11) is 1.67. The molecule has 4 rings (SSSR count). The van der Waals surface area contributed by atoms with E-state index in [1.807, 2.05) is 66.7 Å². The molecule has 0 aliphatic carbocycles. The summed E-state index contributed by atoms with van der Waals surface area (Å²) in [6.45, 7) is 0. The molecule has 29 heavy (non-hydrogen) atoms. The Morgan fingerprint density at radius 1 is 0.448 bits per heavy atom. The summed E-state index contributed by atoms with van der Waals surface area (Å²) in [6.07, 6.45) is 0. The van der Waals surface area contributed by atoms with Crippen molar-refractivity contribution in [2.75, 3.05) is 23.1 Å². The molecule has 0 saturated carbocycles. The molecule has 0 amide bonds. The standard InChI is InChI=1S/C25H23N3O/c1-29-25-9-5-8-24(18-25)28-23-16-14-22(15-17-23)27-21-12-10-20(11-13-21)26-19-6-3-2-4-7-19/h2-18,26-28H,1H3. The first-order valence-electron chi connectivity index (χ1n) is 9.49. The van der Waals surface area contributed by atoms with Crippen LogP contribution in [0.2, 0.25) is 0 Å². The number of benzene rings is 4. The lowest BCUT2D eigenvalue weighted by atomic mass is 10.2. The summed E-state index contributed by atoms with van der Waals surface area (Å²) in [5.74, 6) is 0.832. The van der Waals surface area contributed by atoms with E-state index in [0.29, 0.717) is 0 Å². The normalized spacial score (nSPS) is 10.2. The average molecular weight is 381 g/mol. The summed E-state index contributed by atoms with van der Waals surface area (Å²) in [5, 5.41) is 10.2. The van der Waals surface area contributed by atoms with Crippen LogP contribution in [0.25, 0.3) is 0 Å². The van der Waals surface area contributed by atoms with E-state index in [-0.39, 0.29) is 0 Å². The molecule has 0 aliphatic rings. The SMILES string of the molecule is COc1cccc(Nc2ccc(Nc3ccc(Nc4ccccc4)cc3)cc2)c1. The first kappa shape index (κ1) is 18.4. The monoisotopic (exact) mass is 381 g/mol. The van der Waals surface area contributed by atoms with Crippen LogP contribution >= 0.6 is 0 Å². The average Bonchev–Trinajstić information content (AvgIpc) is 2.77. The van der Waals surface area contributed by atoms with Crippen molar-refractivity contribution in [2.24, 2.45) is 0 Å². The quantitative estimate of drug-likeness (QED) is 0.325. The van der Waals surface area contributed by atoms with Crippen molar-refractivity contribution in [3.05, 3.63) is 103 Å². The number of rotatable bonds is 7. The molecule has 0 bridgehead atoms. The van der Waals surface area contributed by atoms with Gasteiger partial charge >= 0.3 is 0 Å². The highest BCUT2D eigenvalue weighted by Crippen LogP contribution is 2.25. The molecule has 4 nitrogen and oxygen atoms in total. The van der Waals surface area contributed by atoms with Gasteiger partial charge in [0, 0.05) is 40.2 Å². The third-order valence-electron chi connectivity index (χ3n) is 4.48. The zero-order valence-corrected chi connectivity index (χ0v) is 16.2. The van der Waals surface area contributed by atoms with E-state index in [2.05, 4.69) is 52.3 Å². The van der Waals surface area contributed by atoms with E-state index >= 15 is 0 Å². The van der Waals surface area contributed by atoms with Crippen LogP contribution in [0.5, 0.6) is 5.75 Å². The zero-order chi connectivity index (χ0) is 19.9. The van der Waals surface area contributed by atoms with Crippen LogP contribution in [-0.4, -0.2) is 7.11 Å². The maximum atomic E-state index is 5.27. The molecular weight excluding hydrogens is 358 g/mol. The van der Waals surface area contributed by atoms with Crippen LogP contribution in [0.15, 0.2) is 103 Å². The molecule has 0 fully saturated rings. The fourth-order valence-electron chi connectivity index (χ4n) is 3.00. The first-order chi connectivity index (χ1) is 14.3. The van der Waals surface area contributed by atoms with E-state index in [1.54, 1.807) is 7.11 Å². The lowest BCUT2D eigenvalue weighted by Gasteiger charge is -2.11. The summed E-state index contributed by atoms with van der Waals surface area (Å²) >= 11 is 0. The number of hydrogen-bond acceptors (Lipinski definition) is 4. The number of nitrogens with one attached hydrogen (secondary N) is 3. The van der Waals surface area contributed by atoms with E-state index in [9.17, 15) is 0 Å². The smallest absolute Gasteiger partial charge is 0.120 e. The summed E-state index contributed by atoms with van der Waals surface area (Å²) in [5.41, 5.74) is 6.21. The lowest BCUT2D eigenvalue weighted by molar-refractivity contribution is 0.415. The number of ether oxygens (including phenoxy) is 1. The van der Waals surface area contributed by atoms with Crippen LogP contribution in [0.4, 0.5) is 34.1 Å². The molecule has 4 heteroatoms. The summed E-state index contributed by atoms with van der Waals surface area (Å²) in [4.78, 5) is 0. The van der Waals surface area contributed by atoms with E-state index in [1.165, 1.54) is 0 Å². The Kier molecular flexibility index (Phi) is 5.63. The van der Waals surface area contributed by atoms with Crippen molar-refractivity contribution in [1.82, 2.24) is 0 Å². The third-order valence-corrected chi connectivity index (χ3v) is 4.48. The minimum Gasteiger partial charge on any atom is -0.497 e. The Labute approximate surface area is 171 Å².